The Morgan fingerprint density at radius 1 is 1.26 bits per heavy atom. The summed E-state index contributed by atoms with van der Waals surface area (Å²) in [7, 11) is -1.42. The smallest absolute Gasteiger partial charge is 0.181 e. The topological polar surface area (TPSA) is 43.4 Å². The Kier molecular flexibility index (Phi) is 4.76. The van der Waals surface area contributed by atoms with Crippen molar-refractivity contribution in [3.05, 3.63) is 35.4 Å². The van der Waals surface area contributed by atoms with Gasteiger partial charge in [0.1, 0.15) is 11.6 Å². The minimum atomic E-state index is -1.42. The van der Waals surface area contributed by atoms with E-state index in [2.05, 4.69) is 0 Å². The highest BCUT2D eigenvalue weighted by Crippen LogP contribution is 2.17. The van der Waals surface area contributed by atoms with E-state index in [0.29, 0.717) is 26.1 Å². The van der Waals surface area contributed by atoms with E-state index in [4.69, 9.17) is 4.74 Å². The highest BCUT2D eigenvalue weighted by molar-refractivity contribution is 7.86. The normalized spacial score (nSPS) is 18.2. The van der Waals surface area contributed by atoms with E-state index in [1.54, 1.807) is 0 Å². The fourth-order valence-electron chi connectivity index (χ4n) is 2.02. The number of ketones is 1. The van der Waals surface area contributed by atoms with E-state index in [1.807, 2.05) is 0 Å². The van der Waals surface area contributed by atoms with Gasteiger partial charge in [0.2, 0.25) is 0 Å². The first-order chi connectivity index (χ1) is 9.09. The van der Waals surface area contributed by atoms with Crippen LogP contribution in [0, 0.1) is 11.6 Å². The number of hydrogen-bond donors (Lipinski definition) is 0. The molecule has 1 fully saturated rings. The van der Waals surface area contributed by atoms with Gasteiger partial charge in [-0.2, -0.15) is 0 Å². The third-order valence-corrected chi connectivity index (χ3v) is 4.82. The van der Waals surface area contributed by atoms with E-state index in [0.717, 1.165) is 12.1 Å². The summed E-state index contributed by atoms with van der Waals surface area (Å²) < 4.78 is 44.0. The van der Waals surface area contributed by atoms with Crippen molar-refractivity contribution in [2.45, 2.75) is 18.1 Å². The Balaban J connectivity index is 2.06. The molecule has 1 heterocycles. The van der Waals surface area contributed by atoms with Gasteiger partial charge in [0, 0.05) is 29.3 Å². The third kappa shape index (κ3) is 3.45. The van der Waals surface area contributed by atoms with Crippen LogP contribution in [0.5, 0.6) is 0 Å². The number of carbonyl (C=O) groups excluding carboxylic acids is 1. The van der Waals surface area contributed by atoms with Gasteiger partial charge in [-0.15, -0.1) is 0 Å². The highest BCUT2D eigenvalue weighted by Gasteiger charge is 2.25. The van der Waals surface area contributed by atoms with Gasteiger partial charge in [-0.3, -0.25) is 9.00 Å². The molecule has 1 unspecified atom stereocenters. The van der Waals surface area contributed by atoms with E-state index >= 15 is 0 Å². The predicted molar refractivity (Wildman–Crippen MR) is 67.5 cm³/mol. The molecule has 0 amide bonds. The van der Waals surface area contributed by atoms with E-state index < -0.39 is 33.8 Å². The summed E-state index contributed by atoms with van der Waals surface area (Å²) in [6, 6.07) is 3.23. The van der Waals surface area contributed by atoms with Crippen LogP contribution in [0.3, 0.4) is 0 Å². The Morgan fingerprint density at radius 2 is 1.84 bits per heavy atom. The number of Topliss-reactive ketones (excluding diaryl/α,β-unsaturated/α-hetero) is 1. The quantitative estimate of drug-likeness (QED) is 0.797. The Hall–Kier alpha value is -1.14. The molecule has 0 radical (unpaired) electrons. The molecule has 104 valence electrons. The van der Waals surface area contributed by atoms with Crippen molar-refractivity contribution in [2.24, 2.45) is 0 Å². The minimum absolute atomic E-state index is 0.132. The number of benzene rings is 1. The van der Waals surface area contributed by atoms with E-state index in [9.17, 15) is 17.8 Å². The molecule has 0 aromatic heterocycles. The second kappa shape index (κ2) is 6.34. The summed E-state index contributed by atoms with van der Waals surface area (Å²) in [5.74, 6) is -2.91. The summed E-state index contributed by atoms with van der Waals surface area (Å²) in [5.41, 5.74) is -0.595. The molecule has 1 saturated heterocycles. The first kappa shape index (κ1) is 14.3. The molecule has 0 aliphatic carbocycles. The van der Waals surface area contributed by atoms with Crippen LogP contribution in [0.1, 0.15) is 23.2 Å². The average Bonchev–Trinajstić information content (AvgIpc) is 2.39. The van der Waals surface area contributed by atoms with Crippen molar-refractivity contribution >= 4 is 16.6 Å². The molecule has 0 bridgehead atoms. The summed E-state index contributed by atoms with van der Waals surface area (Å²) in [6.45, 7) is 1.03. The van der Waals surface area contributed by atoms with Crippen LogP contribution in [-0.4, -0.2) is 34.2 Å². The molecule has 0 saturated carbocycles. The van der Waals surface area contributed by atoms with Gasteiger partial charge in [0.05, 0.1) is 11.3 Å². The number of halogens is 2. The zero-order valence-electron chi connectivity index (χ0n) is 10.2. The van der Waals surface area contributed by atoms with Crippen LogP contribution in [-0.2, 0) is 15.5 Å². The standard InChI is InChI=1S/C13H14F2O3S/c14-10-2-1-3-11(15)13(10)12(16)8-19(17)9-4-6-18-7-5-9/h1-3,9H,4-8H2. The molecule has 0 spiro atoms. The van der Waals surface area contributed by atoms with Crippen LogP contribution in [0.2, 0.25) is 0 Å². The van der Waals surface area contributed by atoms with Crippen LogP contribution < -0.4 is 0 Å². The molecular weight excluding hydrogens is 274 g/mol. The molecule has 1 atom stereocenters. The lowest BCUT2D eigenvalue weighted by Gasteiger charge is -2.21. The summed E-state index contributed by atoms with van der Waals surface area (Å²) in [5, 5.41) is -0.132. The molecule has 1 aliphatic rings. The molecule has 2 rings (SSSR count). The van der Waals surface area contributed by atoms with Crippen LogP contribution >= 0.6 is 0 Å². The van der Waals surface area contributed by atoms with Crippen LogP contribution in [0.25, 0.3) is 0 Å². The van der Waals surface area contributed by atoms with Gasteiger partial charge < -0.3 is 4.74 Å². The van der Waals surface area contributed by atoms with Gasteiger partial charge >= 0.3 is 0 Å². The van der Waals surface area contributed by atoms with E-state index in [-0.39, 0.29) is 11.0 Å². The maximum absolute atomic E-state index is 13.4. The number of hydrogen-bond acceptors (Lipinski definition) is 3. The third-order valence-electron chi connectivity index (χ3n) is 3.06. The SMILES string of the molecule is O=C(CS(=O)C1CCOCC1)c1c(F)cccc1F. The maximum atomic E-state index is 13.4. The van der Waals surface area contributed by atoms with Crippen molar-refractivity contribution in [3.63, 3.8) is 0 Å². The van der Waals surface area contributed by atoms with Crippen LogP contribution in [0.4, 0.5) is 8.78 Å². The second-order valence-electron chi connectivity index (χ2n) is 4.36. The Morgan fingerprint density at radius 3 is 2.42 bits per heavy atom. The molecule has 1 aromatic carbocycles. The molecule has 6 heteroatoms. The van der Waals surface area contributed by atoms with Crippen molar-refractivity contribution in [2.75, 3.05) is 19.0 Å². The molecule has 3 nitrogen and oxygen atoms in total. The molecule has 0 N–H and O–H groups in total. The van der Waals surface area contributed by atoms with Crippen molar-refractivity contribution in [3.8, 4) is 0 Å². The largest absolute Gasteiger partial charge is 0.381 e. The molecular formula is C13H14F2O3S. The van der Waals surface area contributed by atoms with Crippen LogP contribution in [0.15, 0.2) is 18.2 Å². The van der Waals surface area contributed by atoms with E-state index in [1.165, 1.54) is 6.07 Å². The first-order valence-corrected chi connectivity index (χ1v) is 7.40. The lowest BCUT2D eigenvalue weighted by molar-refractivity contribution is 0.0977. The Labute approximate surface area is 112 Å². The summed E-state index contributed by atoms with van der Waals surface area (Å²) in [6.07, 6.45) is 1.22. The zero-order valence-corrected chi connectivity index (χ0v) is 11.1. The van der Waals surface area contributed by atoms with Crippen molar-refractivity contribution < 1.29 is 22.5 Å². The average molecular weight is 288 g/mol. The fourth-order valence-corrected chi connectivity index (χ4v) is 3.38. The molecule has 19 heavy (non-hydrogen) atoms. The first-order valence-electron chi connectivity index (χ1n) is 6.01. The minimum Gasteiger partial charge on any atom is -0.381 e. The second-order valence-corrected chi connectivity index (χ2v) is 6.07. The van der Waals surface area contributed by atoms with Gasteiger partial charge in [-0.05, 0) is 25.0 Å². The van der Waals surface area contributed by atoms with Gasteiger partial charge in [0.25, 0.3) is 0 Å². The highest BCUT2D eigenvalue weighted by atomic mass is 32.2. The number of ether oxygens (including phenoxy) is 1. The number of carbonyl (C=O) groups is 1. The molecule has 1 aliphatic heterocycles. The van der Waals surface area contributed by atoms with Gasteiger partial charge in [0.15, 0.2) is 5.78 Å². The molecule has 1 aromatic rings. The summed E-state index contributed by atoms with van der Waals surface area (Å²) >= 11 is 0. The van der Waals surface area contributed by atoms with Crippen molar-refractivity contribution in [1.29, 1.82) is 0 Å². The summed E-state index contributed by atoms with van der Waals surface area (Å²) in [4.78, 5) is 11.8. The Bertz CT molecular complexity index is 478. The maximum Gasteiger partial charge on any atom is 0.181 e. The van der Waals surface area contributed by atoms with Gasteiger partial charge in [-0.1, -0.05) is 6.07 Å². The fraction of sp³-hybridized carbons (Fsp3) is 0.462. The lowest BCUT2D eigenvalue weighted by atomic mass is 10.1. The lowest BCUT2D eigenvalue weighted by Crippen LogP contribution is -2.29. The number of rotatable bonds is 4. The zero-order chi connectivity index (χ0) is 13.8. The van der Waals surface area contributed by atoms with Crippen molar-refractivity contribution in [1.82, 2.24) is 0 Å². The van der Waals surface area contributed by atoms with Gasteiger partial charge in [-0.25, -0.2) is 8.78 Å². The monoisotopic (exact) mass is 288 g/mol. The predicted octanol–water partition coefficient (Wildman–Crippen LogP) is 2.08.